The summed E-state index contributed by atoms with van der Waals surface area (Å²) in [7, 11) is 0. The lowest BCUT2D eigenvalue weighted by molar-refractivity contribution is 0.00233. The molecule has 3 heteroatoms. The Kier molecular flexibility index (Phi) is 4.43. The minimum atomic E-state index is -0.275. The van der Waals surface area contributed by atoms with Gasteiger partial charge in [-0.05, 0) is 43.7 Å². The maximum atomic E-state index is 9.85. The van der Waals surface area contributed by atoms with Crippen LogP contribution in [0.2, 0.25) is 0 Å². The number of hydrogen-bond acceptors (Lipinski definition) is 3. The molecule has 0 aliphatic carbocycles. The van der Waals surface area contributed by atoms with Gasteiger partial charge in [0.2, 0.25) is 0 Å². The van der Waals surface area contributed by atoms with Gasteiger partial charge in [0.1, 0.15) is 0 Å². The third-order valence-electron chi connectivity index (χ3n) is 3.15. The van der Waals surface area contributed by atoms with Gasteiger partial charge in [0.05, 0.1) is 24.7 Å². The molecule has 2 unspecified atom stereocenters. The van der Waals surface area contributed by atoms with Crippen LogP contribution in [0.4, 0.5) is 0 Å². The molecule has 0 saturated carbocycles. The van der Waals surface area contributed by atoms with E-state index in [4.69, 9.17) is 9.15 Å². The van der Waals surface area contributed by atoms with Crippen LogP contribution in [-0.2, 0) is 11.2 Å². The lowest BCUT2D eigenvalue weighted by Gasteiger charge is -2.23. The fraction of sp³-hybridized carbons (Fsp3) is 0.692. The van der Waals surface area contributed by atoms with Crippen LogP contribution in [-0.4, -0.2) is 23.9 Å². The molecule has 3 nitrogen and oxygen atoms in total. The van der Waals surface area contributed by atoms with Gasteiger partial charge in [0.25, 0.3) is 0 Å². The summed E-state index contributed by atoms with van der Waals surface area (Å²) >= 11 is 0. The van der Waals surface area contributed by atoms with Crippen LogP contribution >= 0.6 is 0 Å². The first-order chi connectivity index (χ1) is 7.84. The SMILES string of the molecule is OC(CCC1CCCCO1)Cc1ccoc1. The quantitative estimate of drug-likeness (QED) is 0.835. The van der Waals surface area contributed by atoms with E-state index in [1.54, 1.807) is 12.5 Å². The minimum absolute atomic E-state index is 0.275. The molecule has 1 aliphatic heterocycles. The molecule has 2 rings (SSSR count). The molecule has 0 amide bonds. The Morgan fingerprint density at radius 3 is 3.06 bits per heavy atom. The van der Waals surface area contributed by atoms with Crippen molar-refractivity contribution in [2.45, 2.75) is 50.7 Å². The van der Waals surface area contributed by atoms with E-state index in [2.05, 4.69) is 0 Å². The van der Waals surface area contributed by atoms with Gasteiger partial charge in [-0.2, -0.15) is 0 Å². The molecule has 2 atom stereocenters. The first-order valence-electron chi connectivity index (χ1n) is 6.15. The molecule has 0 spiro atoms. The van der Waals surface area contributed by atoms with E-state index in [1.165, 1.54) is 12.8 Å². The highest BCUT2D eigenvalue weighted by Crippen LogP contribution is 2.18. The zero-order valence-corrected chi connectivity index (χ0v) is 9.60. The van der Waals surface area contributed by atoms with E-state index >= 15 is 0 Å². The average molecular weight is 224 g/mol. The first kappa shape index (κ1) is 11.7. The molecule has 2 heterocycles. The maximum Gasteiger partial charge on any atom is 0.0935 e. The van der Waals surface area contributed by atoms with Gasteiger partial charge in [-0.25, -0.2) is 0 Å². The zero-order chi connectivity index (χ0) is 11.2. The van der Waals surface area contributed by atoms with Crippen LogP contribution in [0.1, 0.15) is 37.7 Å². The molecule has 0 radical (unpaired) electrons. The molecule has 1 aromatic rings. The third-order valence-corrected chi connectivity index (χ3v) is 3.15. The van der Waals surface area contributed by atoms with E-state index in [9.17, 15) is 5.11 Å². The van der Waals surface area contributed by atoms with Gasteiger partial charge >= 0.3 is 0 Å². The molecule has 0 bridgehead atoms. The summed E-state index contributed by atoms with van der Waals surface area (Å²) in [5, 5.41) is 9.85. The number of furan rings is 1. The first-order valence-corrected chi connectivity index (χ1v) is 6.15. The summed E-state index contributed by atoms with van der Waals surface area (Å²) < 4.78 is 10.6. The monoisotopic (exact) mass is 224 g/mol. The van der Waals surface area contributed by atoms with Crippen LogP contribution in [0.25, 0.3) is 0 Å². The van der Waals surface area contributed by atoms with Crippen LogP contribution in [0.15, 0.2) is 23.0 Å². The third kappa shape index (κ3) is 3.65. The second-order valence-corrected chi connectivity index (χ2v) is 4.56. The van der Waals surface area contributed by atoms with Gasteiger partial charge in [-0.3, -0.25) is 0 Å². The van der Waals surface area contributed by atoms with Gasteiger partial charge in [-0.1, -0.05) is 0 Å². The van der Waals surface area contributed by atoms with Gasteiger partial charge in [0.15, 0.2) is 0 Å². The van der Waals surface area contributed by atoms with Crippen molar-refractivity contribution in [3.63, 3.8) is 0 Å². The highest BCUT2D eigenvalue weighted by atomic mass is 16.5. The van der Waals surface area contributed by atoms with Crippen molar-refractivity contribution in [1.29, 1.82) is 0 Å². The molecule has 1 fully saturated rings. The van der Waals surface area contributed by atoms with Gasteiger partial charge in [0, 0.05) is 13.0 Å². The molecule has 90 valence electrons. The average Bonchev–Trinajstić information content (AvgIpc) is 2.81. The number of aliphatic hydroxyl groups is 1. The molecular weight excluding hydrogens is 204 g/mol. The lowest BCUT2D eigenvalue weighted by atomic mass is 10.0. The number of hydrogen-bond donors (Lipinski definition) is 1. The number of ether oxygens (including phenoxy) is 1. The van der Waals surface area contributed by atoms with Crippen molar-refractivity contribution in [2.24, 2.45) is 0 Å². The Labute approximate surface area is 96.4 Å². The normalized spacial score (nSPS) is 23.2. The summed E-state index contributed by atoms with van der Waals surface area (Å²) in [6.07, 6.45) is 9.51. The van der Waals surface area contributed by atoms with E-state index in [1.807, 2.05) is 6.07 Å². The van der Waals surface area contributed by atoms with Crippen molar-refractivity contribution < 1.29 is 14.3 Å². The standard InChI is InChI=1S/C13H20O3/c14-12(9-11-6-8-15-10-11)4-5-13-3-1-2-7-16-13/h6,8,10,12-14H,1-5,7,9H2. The van der Waals surface area contributed by atoms with E-state index in [-0.39, 0.29) is 6.10 Å². The second-order valence-electron chi connectivity index (χ2n) is 4.56. The van der Waals surface area contributed by atoms with Crippen molar-refractivity contribution in [3.8, 4) is 0 Å². The van der Waals surface area contributed by atoms with Gasteiger partial charge < -0.3 is 14.3 Å². The fourth-order valence-corrected chi connectivity index (χ4v) is 2.20. The highest BCUT2D eigenvalue weighted by Gasteiger charge is 2.15. The van der Waals surface area contributed by atoms with Crippen LogP contribution in [0, 0.1) is 0 Å². The van der Waals surface area contributed by atoms with Crippen molar-refractivity contribution in [3.05, 3.63) is 24.2 Å². The van der Waals surface area contributed by atoms with Crippen molar-refractivity contribution in [2.75, 3.05) is 6.61 Å². The summed E-state index contributed by atoms with van der Waals surface area (Å²) in [5.41, 5.74) is 1.07. The summed E-state index contributed by atoms with van der Waals surface area (Å²) in [4.78, 5) is 0. The van der Waals surface area contributed by atoms with Crippen LogP contribution < -0.4 is 0 Å². The lowest BCUT2D eigenvalue weighted by Crippen LogP contribution is -2.21. The summed E-state index contributed by atoms with van der Waals surface area (Å²) in [6.45, 7) is 0.891. The predicted octanol–water partition coefficient (Wildman–Crippen LogP) is 2.53. The summed E-state index contributed by atoms with van der Waals surface area (Å²) in [5.74, 6) is 0. The topological polar surface area (TPSA) is 42.6 Å². The highest BCUT2D eigenvalue weighted by molar-refractivity contribution is 5.06. The molecule has 1 aliphatic rings. The van der Waals surface area contributed by atoms with Crippen molar-refractivity contribution >= 4 is 0 Å². The van der Waals surface area contributed by atoms with Crippen molar-refractivity contribution in [1.82, 2.24) is 0 Å². The summed E-state index contributed by atoms with van der Waals surface area (Å²) in [6, 6.07) is 1.90. The Balaban J connectivity index is 1.65. The zero-order valence-electron chi connectivity index (χ0n) is 9.60. The second kappa shape index (κ2) is 6.06. The number of rotatable bonds is 5. The maximum absolute atomic E-state index is 9.85. The van der Waals surface area contributed by atoms with E-state index in [0.717, 1.165) is 31.4 Å². The van der Waals surface area contributed by atoms with Crippen LogP contribution in [0.5, 0.6) is 0 Å². The molecule has 1 aromatic heterocycles. The minimum Gasteiger partial charge on any atom is -0.472 e. The Morgan fingerprint density at radius 2 is 2.38 bits per heavy atom. The Bertz CT molecular complexity index is 275. The number of aliphatic hydroxyl groups excluding tert-OH is 1. The molecule has 16 heavy (non-hydrogen) atoms. The van der Waals surface area contributed by atoms with E-state index < -0.39 is 0 Å². The Morgan fingerprint density at radius 1 is 1.44 bits per heavy atom. The Hall–Kier alpha value is -0.800. The molecular formula is C13H20O3. The molecule has 1 N–H and O–H groups in total. The van der Waals surface area contributed by atoms with E-state index in [0.29, 0.717) is 12.5 Å². The largest absolute Gasteiger partial charge is 0.472 e. The fourth-order valence-electron chi connectivity index (χ4n) is 2.20. The van der Waals surface area contributed by atoms with Gasteiger partial charge in [-0.15, -0.1) is 0 Å². The smallest absolute Gasteiger partial charge is 0.0935 e. The predicted molar refractivity (Wildman–Crippen MR) is 61.2 cm³/mol. The van der Waals surface area contributed by atoms with Crippen LogP contribution in [0.3, 0.4) is 0 Å². The molecule has 0 aromatic carbocycles. The molecule has 1 saturated heterocycles.